The normalized spacial score (nSPS) is 11.6. The molecule has 0 radical (unpaired) electrons. The molecule has 0 rings (SSSR count). The molecular weight excluding hydrogens is 150 g/mol. The van der Waals surface area contributed by atoms with Crippen LogP contribution in [0.3, 0.4) is 0 Å². The first-order valence-corrected chi connectivity index (χ1v) is 4.33. The van der Waals surface area contributed by atoms with Crippen molar-refractivity contribution >= 4 is 5.78 Å². The van der Waals surface area contributed by atoms with Crippen LogP contribution in [0.25, 0.3) is 0 Å². The quantitative estimate of drug-likeness (QED) is 0.630. The molecule has 2 N–H and O–H groups in total. The zero-order chi connectivity index (χ0) is 9.40. The average Bonchev–Trinajstić information content (AvgIpc) is 2.01. The van der Waals surface area contributed by atoms with Crippen molar-refractivity contribution in [3.8, 4) is 11.8 Å². The molecule has 0 aliphatic rings. The molecule has 0 aromatic heterocycles. The molecule has 0 heterocycles. The summed E-state index contributed by atoms with van der Waals surface area (Å²) in [5.41, 5.74) is 5.52. The average molecular weight is 167 g/mol. The molecule has 1 unspecified atom stereocenters. The summed E-state index contributed by atoms with van der Waals surface area (Å²) in [5, 5.41) is 0. The molecule has 0 amide bonds. The summed E-state index contributed by atoms with van der Waals surface area (Å²) in [4.78, 5) is 11.1. The molecule has 0 bridgehead atoms. The van der Waals surface area contributed by atoms with Crippen LogP contribution in [0.2, 0.25) is 0 Å². The van der Waals surface area contributed by atoms with Gasteiger partial charge in [0.25, 0.3) is 0 Å². The summed E-state index contributed by atoms with van der Waals surface area (Å²) in [7, 11) is 0. The Balaban J connectivity index is 3.38. The number of hydrogen-bond acceptors (Lipinski definition) is 2. The van der Waals surface area contributed by atoms with E-state index in [4.69, 9.17) is 5.73 Å². The Morgan fingerprint density at radius 3 is 2.67 bits per heavy atom. The Morgan fingerprint density at radius 1 is 1.50 bits per heavy atom. The zero-order valence-electron chi connectivity index (χ0n) is 7.89. The van der Waals surface area contributed by atoms with Crippen LogP contribution < -0.4 is 5.73 Å². The number of nitrogens with two attached hydrogens (primary N) is 1. The second kappa shape index (κ2) is 6.87. The van der Waals surface area contributed by atoms with E-state index in [0.29, 0.717) is 19.3 Å². The molecule has 2 heteroatoms. The van der Waals surface area contributed by atoms with Gasteiger partial charge in [0, 0.05) is 25.3 Å². The largest absolute Gasteiger partial charge is 0.328 e. The smallest absolute Gasteiger partial charge is 0.133 e. The predicted octanol–water partition coefficient (Wildman–Crippen LogP) is 1.49. The van der Waals surface area contributed by atoms with Gasteiger partial charge in [-0.3, -0.25) is 4.79 Å². The van der Waals surface area contributed by atoms with Gasteiger partial charge >= 0.3 is 0 Å². The van der Waals surface area contributed by atoms with Crippen LogP contribution >= 0.6 is 0 Å². The SMILES string of the molecule is CC#CCCC(=O)CCC(C)N. The molecular formula is C10H17NO. The number of Topliss-reactive ketones (excluding diaryl/α,β-unsaturated/α-hetero) is 1. The second-order valence-electron chi connectivity index (χ2n) is 2.98. The van der Waals surface area contributed by atoms with Crippen LogP contribution in [-0.2, 0) is 4.79 Å². The fourth-order valence-corrected chi connectivity index (χ4v) is 0.841. The van der Waals surface area contributed by atoms with E-state index in [0.717, 1.165) is 6.42 Å². The third-order valence-corrected chi connectivity index (χ3v) is 1.58. The van der Waals surface area contributed by atoms with E-state index in [1.807, 2.05) is 6.92 Å². The third-order valence-electron chi connectivity index (χ3n) is 1.58. The van der Waals surface area contributed by atoms with Gasteiger partial charge in [-0.1, -0.05) is 0 Å². The van der Waals surface area contributed by atoms with Gasteiger partial charge in [-0.05, 0) is 20.3 Å². The maximum atomic E-state index is 11.1. The standard InChI is InChI=1S/C10H17NO/c1-3-4-5-6-10(12)8-7-9(2)11/h9H,5-8,11H2,1-2H3. The van der Waals surface area contributed by atoms with Gasteiger partial charge in [0.05, 0.1) is 0 Å². The summed E-state index contributed by atoms with van der Waals surface area (Å²) in [6.45, 7) is 3.70. The number of carbonyl (C=O) groups is 1. The molecule has 0 aromatic carbocycles. The van der Waals surface area contributed by atoms with E-state index in [-0.39, 0.29) is 11.8 Å². The molecule has 12 heavy (non-hydrogen) atoms. The minimum Gasteiger partial charge on any atom is -0.328 e. The lowest BCUT2D eigenvalue weighted by atomic mass is 10.1. The first-order valence-electron chi connectivity index (χ1n) is 4.33. The Kier molecular flexibility index (Phi) is 6.41. The number of rotatable bonds is 5. The molecule has 0 saturated carbocycles. The molecule has 2 nitrogen and oxygen atoms in total. The van der Waals surface area contributed by atoms with Crippen LogP contribution in [0.4, 0.5) is 0 Å². The van der Waals surface area contributed by atoms with E-state index < -0.39 is 0 Å². The Morgan fingerprint density at radius 2 is 2.17 bits per heavy atom. The van der Waals surface area contributed by atoms with Crippen molar-refractivity contribution in [2.45, 2.75) is 45.6 Å². The Labute approximate surface area is 74.5 Å². The molecule has 1 atom stereocenters. The van der Waals surface area contributed by atoms with Gasteiger partial charge in [-0.25, -0.2) is 0 Å². The van der Waals surface area contributed by atoms with Gasteiger partial charge in [0.2, 0.25) is 0 Å². The highest BCUT2D eigenvalue weighted by Crippen LogP contribution is 1.99. The highest BCUT2D eigenvalue weighted by Gasteiger charge is 2.02. The molecule has 0 fully saturated rings. The molecule has 0 aromatic rings. The molecule has 0 spiro atoms. The van der Waals surface area contributed by atoms with Crippen LogP contribution in [0.1, 0.15) is 39.5 Å². The molecule has 0 saturated heterocycles. The summed E-state index contributed by atoms with van der Waals surface area (Å²) in [5.74, 6) is 5.90. The van der Waals surface area contributed by atoms with Gasteiger partial charge < -0.3 is 5.73 Å². The first-order chi connectivity index (χ1) is 5.66. The fourth-order valence-electron chi connectivity index (χ4n) is 0.841. The molecule has 68 valence electrons. The van der Waals surface area contributed by atoms with Crippen molar-refractivity contribution in [3.05, 3.63) is 0 Å². The third kappa shape index (κ3) is 7.30. The summed E-state index contributed by atoms with van der Waals surface area (Å²) in [6, 6.07) is 0.131. The van der Waals surface area contributed by atoms with Crippen molar-refractivity contribution in [1.29, 1.82) is 0 Å². The lowest BCUT2D eigenvalue weighted by molar-refractivity contribution is -0.119. The number of ketones is 1. The summed E-state index contributed by atoms with van der Waals surface area (Å²) < 4.78 is 0. The lowest BCUT2D eigenvalue weighted by Crippen LogP contribution is -2.16. The molecule has 0 aliphatic carbocycles. The van der Waals surface area contributed by atoms with Gasteiger partial charge in [0.15, 0.2) is 0 Å². The Bertz CT molecular complexity index is 186. The highest BCUT2D eigenvalue weighted by molar-refractivity contribution is 5.78. The highest BCUT2D eigenvalue weighted by atomic mass is 16.1. The van der Waals surface area contributed by atoms with E-state index in [2.05, 4.69) is 11.8 Å². The maximum Gasteiger partial charge on any atom is 0.133 e. The van der Waals surface area contributed by atoms with Crippen LogP contribution in [-0.4, -0.2) is 11.8 Å². The second-order valence-corrected chi connectivity index (χ2v) is 2.98. The monoisotopic (exact) mass is 167 g/mol. The van der Waals surface area contributed by atoms with Crippen molar-refractivity contribution in [1.82, 2.24) is 0 Å². The predicted molar refractivity (Wildman–Crippen MR) is 50.6 cm³/mol. The zero-order valence-corrected chi connectivity index (χ0v) is 7.89. The fraction of sp³-hybridized carbons (Fsp3) is 0.700. The lowest BCUT2D eigenvalue weighted by Gasteiger charge is -2.01. The van der Waals surface area contributed by atoms with Gasteiger partial charge in [-0.2, -0.15) is 0 Å². The van der Waals surface area contributed by atoms with Crippen molar-refractivity contribution in [2.24, 2.45) is 5.73 Å². The van der Waals surface area contributed by atoms with Gasteiger partial charge in [0.1, 0.15) is 5.78 Å². The minimum absolute atomic E-state index is 0.131. The van der Waals surface area contributed by atoms with E-state index >= 15 is 0 Å². The van der Waals surface area contributed by atoms with Crippen molar-refractivity contribution in [3.63, 3.8) is 0 Å². The van der Waals surface area contributed by atoms with Crippen LogP contribution in [0.5, 0.6) is 0 Å². The van der Waals surface area contributed by atoms with E-state index in [1.165, 1.54) is 0 Å². The summed E-state index contributed by atoms with van der Waals surface area (Å²) >= 11 is 0. The van der Waals surface area contributed by atoms with Crippen molar-refractivity contribution < 1.29 is 4.79 Å². The topological polar surface area (TPSA) is 43.1 Å². The first kappa shape index (κ1) is 11.2. The number of hydrogen-bond donors (Lipinski definition) is 1. The Hall–Kier alpha value is -0.810. The van der Waals surface area contributed by atoms with E-state index in [9.17, 15) is 4.79 Å². The van der Waals surface area contributed by atoms with Gasteiger partial charge in [-0.15, -0.1) is 11.8 Å². The maximum absolute atomic E-state index is 11.1. The molecule has 0 aliphatic heterocycles. The van der Waals surface area contributed by atoms with E-state index in [1.54, 1.807) is 6.92 Å². The summed E-state index contributed by atoms with van der Waals surface area (Å²) in [6.07, 6.45) is 2.66. The number of carbonyl (C=O) groups excluding carboxylic acids is 1. The van der Waals surface area contributed by atoms with Crippen molar-refractivity contribution in [2.75, 3.05) is 0 Å². The van der Waals surface area contributed by atoms with Crippen LogP contribution in [0.15, 0.2) is 0 Å². The minimum atomic E-state index is 0.131. The van der Waals surface area contributed by atoms with Crippen LogP contribution in [0, 0.1) is 11.8 Å².